The van der Waals surface area contributed by atoms with Gasteiger partial charge in [0.15, 0.2) is 0 Å². The van der Waals surface area contributed by atoms with Crippen LogP contribution in [-0.4, -0.2) is 25.0 Å². The van der Waals surface area contributed by atoms with Crippen LogP contribution in [0.25, 0.3) is 0 Å². The molecule has 0 bridgehead atoms. The van der Waals surface area contributed by atoms with Gasteiger partial charge in [-0.25, -0.2) is 9.18 Å². The molecule has 0 spiro atoms. The third-order valence-electron chi connectivity index (χ3n) is 3.59. The number of hydrogen-bond donors (Lipinski definition) is 1. The van der Waals surface area contributed by atoms with E-state index in [9.17, 15) is 27.2 Å². The van der Waals surface area contributed by atoms with Gasteiger partial charge in [0.05, 0.1) is 12.7 Å². The molecule has 0 unspecified atom stereocenters. The zero-order valence-electron chi connectivity index (χ0n) is 13.6. The van der Waals surface area contributed by atoms with Crippen molar-refractivity contribution in [1.82, 2.24) is 5.32 Å². The summed E-state index contributed by atoms with van der Waals surface area (Å²) < 4.78 is 55.9. The summed E-state index contributed by atoms with van der Waals surface area (Å²) in [7, 11) is 1.10. The molecule has 26 heavy (non-hydrogen) atoms. The molecule has 1 atom stereocenters. The zero-order valence-corrected chi connectivity index (χ0v) is 13.6. The fourth-order valence-electron chi connectivity index (χ4n) is 2.29. The first-order chi connectivity index (χ1) is 12.2. The Morgan fingerprint density at radius 1 is 1.12 bits per heavy atom. The van der Waals surface area contributed by atoms with E-state index in [2.05, 4.69) is 10.1 Å². The Kier molecular flexibility index (Phi) is 5.97. The minimum atomic E-state index is -4.52. The Hall–Kier alpha value is -2.90. The van der Waals surface area contributed by atoms with Crippen molar-refractivity contribution in [3.63, 3.8) is 0 Å². The number of benzene rings is 2. The molecule has 0 heterocycles. The molecule has 2 aromatic rings. The van der Waals surface area contributed by atoms with E-state index in [4.69, 9.17) is 0 Å². The summed E-state index contributed by atoms with van der Waals surface area (Å²) in [6.45, 7) is 0. The third-order valence-corrected chi connectivity index (χ3v) is 3.59. The Labute approximate surface area is 146 Å². The lowest BCUT2D eigenvalue weighted by Gasteiger charge is -2.17. The summed E-state index contributed by atoms with van der Waals surface area (Å²) in [6.07, 6.45) is -4.71. The molecule has 0 radical (unpaired) electrons. The fraction of sp³-hybridized carbons (Fsp3) is 0.222. The Bertz CT molecular complexity index is 788. The van der Waals surface area contributed by atoms with Crippen LogP contribution in [0.3, 0.4) is 0 Å². The van der Waals surface area contributed by atoms with Gasteiger partial charge in [0.2, 0.25) is 0 Å². The molecule has 2 aromatic carbocycles. The van der Waals surface area contributed by atoms with Gasteiger partial charge in [0, 0.05) is 12.0 Å². The number of esters is 1. The first-order valence-corrected chi connectivity index (χ1v) is 7.51. The van der Waals surface area contributed by atoms with Gasteiger partial charge in [-0.15, -0.1) is 0 Å². The molecular weight excluding hydrogens is 354 g/mol. The Morgan fingerprint density at radius 3 is 2.35 bits per heavy atom. The number of methoxy groups -OCH3 is 1. The number of nitrogens with one attached hydrogen (secondary N) is 1. The number of rotatable bonds is 5. The summed E-state index contributed by atoms with van der Waals surface area (Å²) in [5.41, 5.74) is -0.553. The number of halogens is 4. The average Bonchev–Trinajstić information content (AvgIpc) is 2.60. The van der Waals surface area contributed by atoms with Gasteiger partial charge in [-0.1, -0.05) is 18.2 Å². The summed E-state index contributed by atoms with van der Waals surface area (Å²) in [4.78, 5) is 24.1. The molecule has 0 saturated heterocycles. The second-order valence-electron chi connectivity index (χ2n) is 5.46. The van der Waals surface area contributed by atoms with Crippen molar-refractivity contribution in [2.75, 3.05) is 7.11 Å². The third kappa shape index (κ3) is 5.05. The van der Waals surface area contributed by atoms with E-state index in [-0.39, 0.29) is 17.5 Å². The number of carbonyl (C=O) groups is 2. The van der Waals surface area contributed by atoms with Crippen LogP contribution < -0.4 is 5.32 Å². The normalized spacial score (nSPS) is 12.3. The minimum absolute atomic E-state index is 0.101. The van der Waals surface area contributed by atoms with Crippen molar-refractivity contribution < 1.29 is 31.9 Å². The van der Waals surface area contributed by atoms with Crippen LogP contribution in [-0.2, 0) is 22.1 Å². The Morgan fingerprint density at radius 2 is 1.77 bits per heavy atom. The van der Waals surface area contributed by atoms with Gasteiger partial charge in [-0.3, -0.25) is 4.79 Å². The maximum Gasteiger partial charge on any atom is 0.416 e. The molecular formula is C18H15F4NO3. The summed E-state index contributed by atoms with van der Waals surface area (Å²) in [5.74, 6) is -2.01. The summed E-state index contributed by atoms with van der Waals surface area (Å²) in [5, 5.41) is 2.39. The highest BCUT2D eigenvalue weighted by Gasteiger charge is 2.31. The molecule has 0 aromatic heterocycles. The lowest BCUT2D eigenvalue weighted by molar-refractivity contribution is -0.142. The molecule has 138 valence electrons. The van der Waals surface area contributed by atoms with E-state index in [0.29, 0.717) is 0 Å². The molecule has 1 amide bonds. The topological polar surface area (TPSA) is 55.4 Å². The minimum Gasteiger partial charge on any atom is -0.467 e. The van der Waals surface area contributed by atoms with Crippen molar-refractivity contribution in [3.8, 4) is 0 Å². The van der Waals surface area contributed by atoms with Gasteiger partial charge in [0.25, 0.3) is 5.91 Å². The molecule has 0 saturated carbocycles. The van der Waals surface area contributed by atoms with Crippen molar-refractivity contribution in [3.05, 3.63) is 71.0 Å². The van der Waals surface area contributed by atoms with Crippen LogP contribution in [0.2, 0.25) is 0 Å². The van der Waals surface area contributed by atoms with Crippen LogP contribution in [0.1, 0.15) is 21.5 Å². The predicted octanol–water partition coefficient (Wildman–Crippen LogP) is 3.36. The number of amides is 1. The molecule has 0 aliphatic carbocycles. The van der Waals surface area contributed by atoms with Crippen molar-refractivity contribution >= 4 is 11.9 Å². The number of alkyl halides is 3. The van der Waals surface area contributed by atoms with Gasteiger partial charge in [-0.2, -0.15) is 13.2 Å². The standard InChI is InChI=1S/C18H15F4NO3/c1-26-17(25)15(23-16(24)12-5-7-14(19)8-6-12)10-11-3-2-4-13(9-11)18(20,21)22/h2-9,15H,10H2,1H3,(H,23,24)/t15-/m0/s1. The van der Waals surface area contributed by atoms with E-state index >= 15 is 0 Å². The van der Waals surface area contributed by atoms with Gasteiger partial charge < -0.3 is 10.1 Å². The van der Waals surface area contributed by atoms with E-state index in [1.165, 1.54) is 24.3 Å². The molecule has 2 rings (SSSR count). The first-order valence-electron chi connectivity index (χ1n) is 7.51. The number of carbonyl (C=O) groups excluding carboxylic acids is 2. The predicted molar refractivity (Wildman–Crippen MR) is 84.8 cm³/mol. The monoisotopic (exact) mass is 369 g/mol. The molecule has 0 aliphatic heterocycles. The maximum atomic E-state index is 12.9. The lowest BCUT2D eigenvalue weighted by Crippen LogP contribution is -2.43. The van der Waals surface area contributed by atoms with Gasteiger partial charge in [-0.05, 0) is 35.9 Å². The highest BCUT2D eigenvalue weighted by atomic mass is 19.4. The van der Waals surface area contributed by atoms with Crippen molar-refractivity contribution in [2.45, 2.75) is 18.6 Å². The second kappa shape index (κ2) is 7.99. The molecule has 4 nitrogen and oxygen atoms in total. The quantitative estimate of drug-likeness (QED) is 0.650. The van der Waals surface area contributed by atoms with Crippen LogP contribution in [0.15, 0.2) is 48.5 Å². The highest BCUT2D eigenvalue weighted by molar-refractivity contribution is 5.96. The maximum absolute atomic E-state index is 12.9. The largest absolute Gasteiger partial charge is 0.467 e. The summed E-state index contributed by atoms with van der Waals surface area (Å²) >= 11 is 0. The molecule has 0 fully saturated rings. The van der Waals surface area contributed by atoms with E-state index in [1.54, 1.807) is 0 Å². The highest BCUT2D eigenvalue weighted by Crippen LogP contribution is 2.29. The lowest BCUT2D eigenvalue weighted by atomic mass is 10.0. The van der Waals surface area contributed by atoms with Crippen LogP contribution in [0.4, 0.5) is 17.6 Å². The van der Waals surface area contributed by atoms with E-state index < -0.39 is 35.5 Å². The Balaban J connectivity index is 2.19. The van der Waals surface area contributed by atoms with Crippen molar-refractivity contribution in [2.24, 2.45) is 0 Å². The van der Waals surface area contributed by atoms with Gasteiger partial charge in [0.1, 0.15) is 11.9 Å². The van der Waals surface area contributed by atoms with Gasteiger partial charge >= 0.3 is 12.1 Å². The SMILES string of the molecule is COC(=O)[C@H](Cc1cccc(C(F)(F)F)c1)NC(=O)c1ccc(F)cc1. The zero-order chi connectivity index (χ0) is 19.3. The number of ether oxygens (including phenoxy) is 1. The molecule has 1 N–H and O–H groups in total. The first kappa shape index (κ1) is 19.4. The molecule has 8 heteroatoms. The molecule has 0 aliphatic rings. The smallest absolute Gasteiger partial charge is 0.416 e. The fourth-order valence-corrected chi connectivity index (χ4v) is 2.29. The van der Waals surface area contributed by atoms with Crippen LogP contribution in [0, 0.1) is 5.82 Å². The van der Waals surface area contributed by atoms with Crippen molar-refractivity contribution in [1.29, 1.82) is 0 Å². The van der Waals surface area contributed by atoms with Crippen LogP contribution >= 0.6 is 0 Å². The number of hydrogen-bond acceptors (Lipinski definition) is 3. The second-order valence-corrected chi connectivity index (χ2v) is 5.46. The van der Waals surface area contributed by atoms with Crippen LogP contribution in [0.5, 0.6) is 0 Å². The summed E-state index contributed by atoms with van der Waals surface area (Å²) in [6, 6.07) is 7.86. The average molecular weight is 369 g/mol. The van der Waals surface area contributed by atoms with E-state index in [0.717, 1.165) is 31.4 Å². The van der Waals surface area contributed by atoms with E-state index in [1.807, 2.05) is 0 Å².